The van der Waals surface area contributed by atoms with Crippen molar-refractivity contribution in [2.24, 2.45) is 5.92 Å². The summed E-state index contributed by atoms with van der Waals surface area (Å²) < 4.78 is 17.4. The SMILES string of the molecule is COc1ccc2cc1Oc1cccc(OC)c1CNC(=O)[C@@H](C(C)C)NC(=O)[C@H]([C@@H](C)O)NC(=O)CN(C(=O)c1ccccc1)CCCCNC2=O. The van der Waals surface area contributed by atoms with Gasteiger partial charge in [-0.15, -0.1) is 0 Å². The molecule has 14 nitrogen and oxygen atoms in total. The Morgan fingerprint density at radius 3 is 2.23 bits per heavy atom. The molecule has 278 valence electrons. The minimum absolute atomic E-state index is 0.0678. The van der Waals surface area contributed by atoms with Crippen molar-refractivity contribution in [3.05, 3.63) is 83.4 Å². The summed E-state index contributed by atoms with van der Waals surface area (Å²) in [6, 6.07) is 15.8. The number of amides is 5. The van der Waals surface area contributed by atoms with Crippen LogP contribution in [-0.2, 0) is 20.9 Å². The van der Waals surface area contributed by atoms with E-state index in [0.29, 0.717) is 46.8 Å². The average molecular weight is 718 g/mol. The van der Waals surface area contributed by atoms with Crippen molar-refractivity contribution < 1.29 is 43.3 Å². The van der Waals surface area contributed by atoms with Crippen molar-refractivity contribution >= 4 is 29.5 Å². The van der Waals surface area contributed by atoms with Crippen molar-refractivity contribution in [1.82, 2.24) is 26.2 Å². The monoisotopic (exact) mass is 717 g/mol. The van der Waals surface area contributed by atoms with Gasteiger partial charge < -0.3 is 45.5 Å². The molecule has 3 aromatic carbocycles. The Morgan fingerprint density at radius 2 is 1.56 bits per heavy atom. The largest absolute Gasteiger partial charge is 0.496 e. The fourth-order valence-electron chi connectivity index (χ4n) is 5.63. The van der Waals surface area contributed by atoms with E-state index >= 15 is 0 Å². The molecule has 0 fully saturated rings. The Kier molecular flexibility index (Phi) is 14.0. The molecule has 5 amide bonds. The third kappa shape index (κ3) is 10.2. The quantitative estimate of drug-likeness (QED) is 0.265. The first-order valence-corrected chi connectivity index (χ1v) is 17.1. The van der Waals surface area contributed by atoms with Crippen molar-refractivity contribution in [3.8, 4) is 23.0 Å². The van der Waals surface area contributed by atoms with Crippen LogP contribution in [0.25, 0.3) is 0 Å². The van der Waals surface area contributed by atoms with Gasteiger partial charge >= 0.3 is 0 Å². The zero-order valence-corrected chi connectivity index (χ0v) is 30.1. The van der Waals surface area contributed by atoms with Gasteiger partial charge in [-0.25, -0.2) is 0 Å². The maximum Gasteiger partial charge on any atom is 0.254 e. The fourth-order valence-corrected chi connectivity index (χ4v) is 5.63. The van der Waals surface area contributed by atoms with E-state index in [2.05, 4.69) is 21.3 Å². The van der Waals surface area contributed by atoms with Crippen LogP contribution in [0.15, 0.2) is 66.7 Å². The first-order valence-electron chi connectivity index (χ1n) is 17.1. The fraction of sp³-hybridized carbons (Fsp3) is 0.395. The summed E-state index contributed by atoms with van der Waals surface area (Å²) in [6.07, 6.45) is -0.415. The molecule has 1 aliphatic heterocycles. The van der Waals surface area contributed by atoms with Crippen molar-refractivity contribution in [2.45, 2.75) is 58.3 Å². The highest BCUT2D eigenvalue weighted by molar-refractivity contribution is 5.98. The lowest BCUT2D eigenvalue weighted by Crippen LogP contribution is -2.59. The highest BCUT2D eigenvalue weighted by atomic mass is 16.5. The number of rotatable bonds is 5. The molecule has 5 N–H and O–H groups in total. The normalized spacial score (nSPS) is 18.8. The molecular weight excluding hydrogens is 670 g/mol. The molecule has 0 spiro atoms. The number of aliphatic hydroxyl groups excluding tert-OH is 1. The Hall–Kier alpha value is -5.63. The molecule has 2 bridgehead atoms. The first kappa shape index (κ1) is 39.2. The molecule has 52 heavy (non-hydrogen) atoms. The summed E-state index contributed by atoms with van der Waals surface area (Å²) in [5, 5.41) is 21.5. The van der Waals surface area contributed by atoms with Gasteiger partial charge in [0, 0.05) is 24.2 Å². The summed E-state index contributed by atoms with van der Waals surface area (Å²) >= 11 is 0. The molecule has 3 atom stereocenters. The van der Waals surface area contributed by atoms with Gasteiger partial charge in [0.25, 0.3) is 11.8 Å². The van der Waals surface area contributed by atoms with Crippen LogP contribution in [0.2, 0.25) is 0 Å². The zero-order chi connectivity index (χ0) is 37.8. The third-order valence-corrected chi connectivity index (χ3v) is 8.51. The Balaban J connectivity index is 1.68. The number of benzene rings is 3. The smallest absolute Gasteiger partial charge is 0.254 e. The Labute approximate surface area is 303 Å². The van der Waals surface area contributed by atoms with E-state index in [0.717, 1.165) is 0 Å². The maximum absolute atomic E-state index is 13.6. The standard InChI is InChI=1S/C38H47N5O9/c1-23(2)33-36(47)40-21-27-28(50-4)14-11-15-29(27)52-31-20-26(16-17-30(31)51-5)35(46)39-18-9-10-19-43(38(49)25-12-7-6-8-13-25)22-32(45)41-34(24(3)44)37(48)42-33/h6-8,11-17,20,23-24,33-34,44H,9-10,18-19,21-22H2,1-5H3,(H,39,46)(H,40,47)(H,41,45)(H,42,48)/t24-,33-,34+/m1/s1. The van der Waals surface area contributed by atoms with Crippen LogP contribution in [0.4, 0.5) is 0 Å². The Bertz CT molecular complexity index is 1730. The maximum atomic E-state index is 13.6. The number of carbonyl (C=O) groups excluding carboxylic acids is 5. The topological polar surface area (TPSA) is 185 Å². The molecule has 0 radical (unpaired) electrons. The number of nitrogens with one attached hydrogen (secondary N) is 4. The van der Waals surface area contributed by atoms with E-state index < -0.39 is 54.3 Å². The van der Waals surface area contributed by atoms with Crippen LogP contribution in [0.1, 0.15) is 59.9 Å². The summed E-state index contributed by atoms with van der Waals surface area (Å²) in [6.45, 7) is 4.81. The molecule has 0 saturated carbocycles. The molecule has 0 aromatic heterocycles. The molecule has 4 rings (SSSR count). The summed E-state index contributed by atoms with van der Waals surface area (Å²) in [7, 11) is 2.95. The lowest BCUT2D eigenvalue weighted by atomic mass is 10.0. The van der Waals surface area contributed by atoms with Gasteiger partial charge in [-0.1, -0.05) is 38.1 Å². The molecule has 1 aliphatic rings. The second-order valence-electron chi connectivity index (χ2n) is 12.7. The van der Waals surface area contributed by atoms with Crippen LogP contribution in [0.5, 0.6) is 23.0 Å². The second-order valence-corrected chi connectivity index (χ2v) is 12.7. The number of carbonyl (C=O) groups is 5. The Morgan fingerprint density at radius 1 is 0.827 bits per heavy atom. The summed E-state index contributed by atoms with van der Waals surface area (Å²) in [4.78, 5) is 68.5. The van der Waals surface area contributed by atoms with Gasteiger partial charge in [0.2, 0.25) is 17.7 Å². The number of hydrogen-bond donors (Lipinski definition) is 5. The molecule has 14 heteroatoms. The number of fused-ring (bicyclic) bond motifs is 3. The number of ether oxygens (including phenoxy) is 3. The van der Waals surface area contributed by atoms with E-state index in [9.17, 15) is 29.1 Å². The van der Waals surface area contributed by atoms with Crippen LogP contribution in [0.3, 0.4) is 0 Å². The number of nitrogens with zero attached hydrogens (tertiary/aromatic N) is 1. The van der Waals surface area contributed by atoms with Crippen LogP contribution in [-0.4, -0.2) is 91.6 Å². The molecule has 1 heterocycles. The van der Waals surface area contributed by atoms with E-state index in [-0.39, 0.29) is 31.3 Å². The molecule has 0 saturated heterocycles. The lowest BCUT2D eigenvalue weighted by Gasteiger charge is -2.28. The minimum Gasteiger partial charge on any atom is -0.496 e. The van der Waals surface area contributed by atoms with E-state index in [4.69, 9.17) is 14.2 Å². The van der Waals surface area contributed by atoms with Crippen molar-refractivity contribution in [1.29, 1.82) is 0 Å². The van der Waals surface area contributed by atoms with E-state index in [1.165, 1.54) is 26.0 Å². The third-order valence-electron chi connectivity index (χ3n) is 8.51. The van der Waals surface area contributed by atoms with Gasteiger partial charge in [0.05, 0.1) is 39.0 Å². The molecule has 3 aromatic rings. The predicted molar refractivity (Wildman–Crippen MR) is 192 cm³/mol. The number of methoxy groups -OCH3 is 2. The molecular formula is C38H47N5O9. The van der Waals surface area contributed by atoms with E-state index in [1.54, 1.807) is 80.6 Å². The van der Waals surface area contributed by atoms with Gasteiger partial charge in [0.1, 0.15) is 23.6 Å². The second kappa shape index (κ2) is 18.6. The van der Waals surface area contributed by atoms with Crippen LogP contribution in [0, 0.1) is 5.92 Å². The zero-order valence-electron chi connectivity index (χ0n) is 30.1. The van der Waals surface area contributed by atoms with Gasteiger partial charge in [0.15, 0.2) is 11.5 Å². The molecule has 0 aliphatic carbocycles. The molecule has 0 unspecified atom stereocenters. The minimum atomic E-state index is -1.42. The first-order chi connectivity index (χ1) is 24.9. The predicted octanol–water partition coefficient (Wildman–Crippen LogP) is 2.78. The van der Waals surface area contributed by atoms with Gasteiger partial charge in [-0.05, 0) is 68.1 Å². The summed E-state index contributed by atoms with van der Waals surface area (Å²) in [5.41, 5.74) is 1.16. The average Bonchev–Trinajstić information content (AvgIpc) is 3.13. The van der Waals surface area contributed by atoms with Crippen molar-refractivity contribution in [3.63, 3.8) is 0 Å². The highest BCUT2D eigenvalue weighted by Crippen LogP contribution is 2.37. The lowest BCUT2D eigenvalue weighted by molar-refractivity contribution is -0.135. The van der Waals surface area contributed by atoms with Crippen LogP contribution >= 0.6 is 0 Å². The van der Waals surface area contributed by atoms with E-state index in [1.807, 2.05) is 0 Å². The van der Waals surface area contributed by atoms with Gasteiger partial charge in [-0.2, -0.15) is 0 Å². The highest BCUT2D eigenvalue weighted by Gasteiger charge is 2.32. The van der Waals surface area contributed by atoms with Crippen molar-refractivity contribution in [2.75, 3.05) is 33.9 Å². The van der Waals surface area contributed by atoms with Gasteiger partial charge in [-0.3, -0.25) is 24.0 Å². The summed E-state index contributed by atoms with van der Waals surface area (Å²) in [5.74, 6) is -1.80. The van der Waals surface area contributed by atoms with Crippen LogP contribution < -0.4 is 35.5 Å². The number of hydrogen-bond acceptors (Lipinski definition) is 9. The number of aliphatic hydroxyl groups is 1.